The minimum Gasteiger partial charge on any atom is -0.476 e. The number of ether oxygens (including phenoxy) is 4. The van der Waals surface area contributed by atoms with E-state index >= 15 is 0 Å². The lowest BCUT2D eigenvalue weighted by Crippen LogP contribution is -2.44. The molecule has 1 fully saturated rings. The van der Waals surface area contributed by atoms with Crippen molar-refractivity contribution in [1.29, 1.82) is 0 Å². The predicted octanol–water partition coefficient (Wildman–Crippen LogP) is 6.57. The minimum absolute atomic E-state index is 0.0456. The first-order valence-corrected chi connectivity index (χ1v) is 14.9. The van der Waals surface area contributed by atoms with E-state index in [4.69, 9.17) is 14.2 Å². The van der Waals surface area contributed by atoms with Crippen molar-refractivity contribution in [3.63, 3.8) is 0 Å². The number of alkyl halides is 3. The molecule has 2 aromatic carbocycles. The second kappa shape index (κ2) is 14.8. The summed E-state index contributed by atoms with van der Waals surface area (Å²) in [4.78, 5) is 27.4. The monoisotopic (exact) mass is 647 g/mol. The number of nitrogens with zero attached hydrogens (tertiary/aromatic N) is 3. The summed E-state index contributed by atoms with van der Waals surface area (Å²) < 4.78 is 61.5. The molecule has 2 N–H and O–H groups in total. The van der Waals surface area contributed by atoms with Crippen molar-refractivity contribution in [3.8, 4) is 17.3 Å². The number of likely N-dealkylation sites (tertiary alicyclic amines) is 1. The SMILES string of the molecule is COCc1ccc(OC(F)(F)F)c(CNC(=O)Nc2c(C)c(OCC3CCCN(C(=O)OC(C)(C)C)C3)nn2-c2ccccc2)c1. The van der Waals surface area contributed by atoms with Crippen LogP contribution in [0, 0.1) is 12.8 Å². The van der Waals surface area contributed by atoms with E-state index < -0.39 is 23.7 Å². The van der Waals surface area contributed by atoms with Crippen molar-refractivity contribution in [3.05, 3.63) is 65.2 Å². The van der Waals surface area contributed by atoms with E-state index in [1.54, 1.807) is 24.0 Å². The number of halogens is 3. The Morgan fingerprint density at radius 1 is 1.09 bits per heavy atom. The molecule has 46 heavy (non-hydrogen) atoms. The molecule has 1 atom stereocenters. The van der Waals surface area contributed by atoms with Crippen LogP contribution in [-0.4, -0.2) is 65.6 Å². The number of piperidine rings is 1. The first-order valence-electron chi connectivity index (χ1n) is 14.9. The Balaban J connectivity index is 1.48. The summed E-state index contributed by atoms with van der Waals surface area (Å²) in [6, 6.07) is 12.5. The Labute approximate surface area is 265 Å². The lowest BCUT2D eigenvalue weighted by atomic mass is 9.99. The number of amides is 3. The summed E-state index contributed by atoms with van der Waals surface area (Å²) in [5.74, 6) is 0.227. The fourth-order valence-electron chi connectivity index (χ4n) is 4.98. The van der Waals surface area contributed by atoms with Crippen LogP contribution in [0.25, 0.3) is 5.69 Å². The Kier molecular flexibility index (Phi) is 11.0. The maximum absolute atomic E-state index is 13.1. The number of benzene rings is 2. The zero-order chi connectivity index (χ0) is 33.5. The number of carbonyl (C=O) groups is 2. The third-order valence-corrected chi connectivity index (χ3v) is 7.04. The molecule has 1 aliphatic rings. The van der Waals surface area contributed by atoms with Gasteiger partial charge in [0.2, 0.25) is 5.88 Å². The van der Waals surface area contributed by atoms with Gasteiger partial charge < -0.3 is 29.2 Å². The van der Waals surface area contributed by atoms with Crippen LogP contribution in [0.1, 0.15) is 50.3 Å². The highest BCUT2D eigenvalue weighted by molar-refractivity contribution is 5.89. The highest BCUT2D eigenvalue weighted by Gasteiger charge is 2.32. The van der Waals surface area contributed by atoms with Gasteiger partial charge in [-0.25, -0.2) is 14.3 Å². The van der Waals surface area contributed by atoms with E-state index in [2.05, 4.69) is 20.5 Å². The zero-order valence-corrected chi connectivity index (χ0v) is 26.6. The quantitative estimate of drug-likeness (QED) is 0.256. The van der Waals surface area contributed by atoms with Crippen molar-refractivity contribution in [2.45, 2.75) is 65.7 Å². The van der Waals surface area contributed by atoms with Gasteiger partial charge in [-0.3, -0.25) is 5.32 Å². The average molecular weight is 648 g/mol. The van der Waals surface area contributed by atoms with E-state index in [0.29, 0.717) is 41.6 Å². The molecular weight excluding hydrogens is 607 g/mol. The molecule has 0 radical (unpaired) electrons. The minimum atomic E-state index is -4.90. The Hall–Kier alpha value is -4.46. The van der Waals surface area contributed by atoms with Gasteiger partial charge in [-0.1, -0.05) is 24.3 Å². The summed E-state index contributed by atoms with van der Waals surface area (Å²) in [5.41, 5.74) is 1.33. The van der Waals surface area contributed by atoms with Gasteiger partial charge in [0.15, 0.2) is 0 Å². The van der Waals surface area contributed by atoms with Gasteiger partial charge in [-0.2, -0.15) is 0 Å². The normalized spacial score (nSPS) is 15.3. The molecule has 1 aromatic heterocycles. The summed E-state index contributed by atoms with van der Waals surface area (Å²) in [6.07, 6.45) is -3.60. The van der Waals surface area contributed by atoms with Crippen molar-refractivity contribution in [2.24, 2.45) is 5.92 Å². The lowest BCUT2D eigenvalue weighted by Gasteiger charge is -2.33. The van der Waals surface area contributed by atoms with Crippen LogP contribution in [0.3, 0.4) is 0 Å². The number of anilines is 1. The number of aromatic nitrogens is 2. The topological polar surface area (TPSA) is 116 Å². The van der Waals surface area contributed by atoms with E-state index in [1.165, 1.54) is 30.0 Å². The van der Waals surface area contributed by atoms with Gasteiger partial charge in [-0.05, 0) is 70.4 Å². The number of para-hydroxylation sites is 1. The van der Waals surface area contributed by atoms with E-state index in [9.17, 15) is 22.8 Å². The van der Waals surface area contributed by atoms with Crippen LogP contribution in [0.15, 0.2) is 48.5 Å². The van der Waals surface area contributed by atoms with E-state index in [-0.39, 0.29) is 37.3 Å². The van der Waals surface area contributed by atoms with E-state index in [0.717, 1.165) is 12.8 Å². The molecule has 1 unspecified atom stereocenters. The second-order valence-corrected chi connectivity index (χ2v) is 12.0. The molecule has 2 heterocycles. The number of urea groups is 1. The Bertz CT molecular complexity index is 1490. The van der Waals surface area contributed by atoms with Crippen LogP contribution in [0.5, 0.6) is 11.6 Å². The van der Waals surface area contributed by atoms with Crippen LogP contribution in [0.2, 0.25) is 0 Å². The van der Waals surface area contributed by atoms with Gasteiger partial charge in [0.05, 0.1) is 24.5 Å². The van der Waals surface area contributed by atoms with Gasteiger partial charge in [0, 0.05) is 38.2 Å². The van der Waals surface area contributed by atoms with Crippen molar-refractivity contribution < 1.29 is 41.7 Å². The van der Waals surface area contributed by atoms with Gasteiger partial charge in [0.1, 0.15) is 17.2 Å². The highest BCUT2D eigenvalue weighted by Crippen LogP contribution is 2.31. The molecule has 0 saturated carbocycles. The number of carbonyl (C=O) groups excluding carboxylic acids is 2. The second-order valence-electron chi connectivity index (χ2n) is 12.0. The molecule has 250 valence electrons. The molecule has 3 amide bonds. The van der Waals surface area contributed by atoms with Crippen LogP contribution in [0.4, 0.5) is 28.6 Å². The van der Waals surface area contributed by atoms with Crippen molar-refractivity contribution in [2.75, 3.05) is 32.1 Å². The zero-order valence-electron chi connectivity index (χ0n) is 26.6. The molecular formula is C32H40F3N5O6. The molecule has 0 bridgehead atoms. The molecule has 1 saturated heterocycles. The molecule has 4 rings (SSSR count). The third-order valence-electron chi connectivity index (χ3n) is 7.04. The van der Waals surface area contributed by atoms with Crippen LogP contribution in [-0.2, 0) is 22.6 Å². The smallest absolute Gasteiger partial charge is 0.476 e. The van der Waals surface area contributed by atoms with E-state index in [1.807, 2.05) is 39.0 Å². The van der Waals surface area contributed by atoms with Crippen LogP contribution < -0.4 is 20.1 Å². The maximum Gasteiger partial charge on any atom is 0.573 e. The largest absolute Gasteiger partial charge is 0.573 e. The van der Waals surface area contributed by atoms with Gasteiger partial charge in [-0.15, -0.1) is 18.3 Å². The summed E-state index contributed by atoms with van der Waals surface area (Å²) >= 11 is 0. The van der Waals surface area contributed by atoms with Crippen LogP contribution >= 0.6 is 0 Å². The number of hydrogen-bond acceptors (Lipinski definition) is 7. The number of nitrogens with one attached hydrogen (secondary N) is 2. The lowest BCUT2D eigenvalue weighted by molar-refractivity contribution is -0.274. The van der Waals surface area contributed by atoms with Gasteiger partial charge in [0.25, 0.3) is 0 Å². The van der Waals surface area contributed by atoms with Crippen molar-refractivity contribution in [1.82, 2.24) is 20.0 Å². The van der Waals surface area contributed by atoms with Gasteiger partial charge >= 0.3 is 18.5 Å². The highest BCUT2D eigenvalue weighted by atomic mass is 19.4. The summed E-state index contributed by atoms with van der Waals surface area (Å²) in [7, 11) is 1.47. The first kappa shape index (κ1) is 34.4. The first-order chi connectivity index (χ1) is 21.7. The fraction of sp³-hybridized carbons (Fsp3) is 0.469. The fourth-order valence-corrected chi connectivity index (χ4v) is 4.98. The molecule has 1 aliphatic heterocycles. The molecule has 14 heteroatoms. The standard InChI is InChI=1S/C32H40F3N5O6/c1-21-27(37-29(41)36-17-24-16-22(19-43-5)13-14-26(24)45-32(33,34)35)40(25-11-7-6-8-12-25)38-28(21)44-20-23-10-9-15-39(18-23)30(42)46-31(2,3)4/h6-8,11-14,16,23H,9-10,15,17-20H2,1-5H3,(H2,36,37,41). The average Bonchev–Trinajstić information content (AvgIpc) is 3.29. The predicted molar refractivity (Wildman–Crippen MR) is 164 cm³/mol. The molecule has 3 aromatic rings. The number of rotatable bonds is 10. The summed E-state index contributed by atoms with van der Waals surface area (Å²) in [6.45, 7) is 8.51. The molecule has 11 nitrogen and oxygen atoms in total. The Morgan fingerprint density at radius 2 is 1.83 bits per heavy atom. The molecule has 0 aliphatic carbocycles. The third kappa shape index (κ3) is 9.77. The number of methoxy groups -OCH3 is 1. The molecule has 0 spiro atoms. The van der Waals surface area contributed by atoms with Crippen molar-refractivity contribution >= 4 is 17.9 Å². The maximum atomic E-state index is 13.1. The Morgan fingerprint density at radius 3 is 2.50 bits per heavy atom. The number of hydrogen-bond donors (Lipinski definition) is 2. The summed E-state index contributed by atoms with van der Waals surface area (Å²) in [5, 5.41) is 9.99.